The fourth-order valence-electron chi connectivity index (χ4n) is 2.34. The molecule has 0 bridgehead atoms. The lowest BCUT2D eigenvalue weighted by Gasteiger charge is -2.17. The Morgan fingerprint density at radius 1 is 1.30 bits per heavy atom. The number of ether oxygens (including phenoxy) is 1. The Labute approximate surface area is 120 Å². The van der Waals surface area contributed by atoms with Gasteiger partial charge in [0, 0.05) is 19.0 Å². The van der Waals surface area contributed by atoms with Crippen molar-refractivity contribution in [3.8, 4) is 5.75 Å². The standard InChI is InChI=1S/C15H22N4O/c1-4-19-15(17-11-18-19)10-13(16-2)9-12-7-5-6-8-14(12)20-3/h5-8,11,13,16H,4,9-10H2,1-3H3. The second-order valence-electron chi connectivity index (χ2n) is 4.70. The number of hydrogen-bond donors (Lipinski definition) is 1. The molecule has 0 saturated carbocycles. The summed E-state index contributed by atoms with van der Waals surface area (Å²) >= 11 is 0. The summed E-state index contributed by atoms with van der Waals surface area (Å²) < 4.78 is 7.35. The zero-order valence-corrected chi connectivity index (χ0v) is 12.3. The van der Waals surface area contributed by atoms with Gasteiger partial charge in [0.25, 0.3) is 0 Å². The maximum absolute atomic E-state index is 5.41. The van der Waals surface area contributed by atoms with Gasteiger partial charge in [0.2, 0.25) is 0 Å². The number of aromatic nitrogens is 3. The minimum Gasteiger partial charge on any atom is -0.496 e. The van der Waals surface area contributed by atoms with Crippen molar-refractivity contribution in [2.24, 2.45) is 0 Å². The molecular weight excluding hydrogens is 252 g/mol. The number of aryl methyl sites for hydroxylation is 1. The normalized spacial score (nSPS) is 12.3. The number of likely N-dealkylation sites (N-methyl/N-ethyl adjacent to an activating group) is 1. The monoisotopic (exact) mass is 274 g/mol. The van der Waals surface area contributed by atoms with Crippen LogP contribution in [0.1, 0.15) is 18.3 Å². The van der Waals surface area contributed by atoms with Gasteiger partial charge in [-0.3, -0.25) is 4.68 Å². The molecular formula is C15H22N4O. The van der Waals surface area contributed by atoms with Crippen molar-refractivity contribution in [3.63, 3.8) is 0 Å². The van der Waals surface area contributed by atoms with Gasteiger partial charge in [-0.15, -0.1) is 0 Å². The Morgan fingerprint density at radius 2 is 2.10 bits per heavy atom. The van der Waals surface area contributed by atoms with Crippen molar-refractivity contribution in [3.05, 3.63) is 42.0 Å². The summed E-state index contributed by atoms with van der Waals surface area (Å²) in [6.45, 7) is 2.92. The molecule has 5 nitrogen and oxygen atoms in total. The first-order valence-corrected chi connectivity index (χ1v) is 6.94. The quantitative estimate of drug-likeness (QED) is 0.834. The summed E-state index contributed by atoms with van der Waals surface area (Å²) in [7, 11) is 3.69. The van der Waals surface area contributed by atoms with E-state index >= 15 is 0 Å². The van der Waals surface area contributed by atoms with Crippen LogP contribution in [-0.4, -0.2) is 35.0 Å². The zero-order chi connectivity index (χ0) is 14.4. The van der Waals surface area contributed by atoms with E-state index in [0.717, 1.165) is 31.0 Å². The van der Waals surface area contributed by atoms with Crippen molar-refractivity contribution in [1.29, 1.82) is 0 Å². The second-order valence-corrected chi connectivity index (χ2v) is 4.70. The van der Waals surface area contributed by atoms with E-state index in [1.807, 2.05) is 29.9 Å². The summed E-state index contributed by atoms with van der Waals surface area (Å²) in [5.74, 6) is 1.95. The number of para-hydroxylation sites is 1. The van der Waals surface area contributed by atoms with E-state index < -0.39 is 0 Å². The van der Waals surface area contributed by atoms with Crippen LogP contribution in [-0.2, 0) is 19.4 Å². The summed E-state index contributed by atoms with van der Waals surface area (Å²) in [5, 5.41) is 7.57. The summed E-state index contributed by atoms with van der Waals surface area (Å²) in [5.41, 5.74) is 1.21. The Balaban J connectivity index is 2.09. The molecule has 1 aromatic heterocycles. The first kappa shape index (κ1) is 14.5. The highest BCUT2D eigenvalue weighted by Crippen LogP contribution is 2.19. The lowest BCUT2D eigenvalue weighted by molar-refractivity contribution is 0.405. The van der Waals surface area contributed by atoms with Crippen LogP contribution in [0.25, 0.3) is 0 Å². The third kappa shape index (κ3) is 3.36. The topological polar surface area (TPSA) is 52.0 Å². The molecule has 1 atom stereocenters. The first-order chi connectivity index (χ1) is 9.78. The average Bonchev–Trinajstić information content (AvgIpc) is 2.94. The largest absolute Gasteiger partial charge is 0.496 e. The summed E-state index contributed by atoms with van der Waals surface area (Å²) in [6.07, 6.45) is 3.37. The number of benzene rings is 1. The molecule has 108 valence electrons. The van der Waals surface area contributed by atoms with Gasteiger partial charge in [-0.2, -0.15) is 5.10 Å². The second kappa shape index (κ2) is 7.05. The summed E-state index contributed by atoms with van der Waals surface area (Å²) in [6, 6.07) is 8.44. The molecule has 0 spiro atoms. The highest BCUT2D eigenvalue weighted by molar-refractivity contribution is 5.33. The van der Waals surface area contributed by atoms with E-state index in [1.54, 1.807) is 13.4 Å². The van der Waals surface area contributed by atoms with Crippen LogP contribution in [0, 0.1) is 0 Å². The minimum absolute atomic E-state index is 0.306. The molecule has 1 aromatic carbocycles. The molecule has 1 N–H and O–H groups in total. The molecule has 0 saturated heterocycles. The maximum Gasteiger partial charge on any atom is 0.138 e. The number of nitrogens with one attached hydrogen (secondary N) is 1. The molecule has 0 amide bonds. The van der Waals surface area contributed by atoms with Crippen molar-refractivity contribution in [2.45, 2.75) is 32.4 Å². The van der Waals surface area contributed by atoms with Gasteiger partial charge in [-0.1, -0.05) is 18.2 Å². The highest BCUT2D eigenvalue weighted by Gasteiger charge is 2.14. The Morgan fingerprint density at radius 3 is 2.80 bits per heavy atom. The van der Waals surface area contributed by atoms with Crippen LogP contribution in [0.3, 0.4) is 0 Å². The van der Waals surface area contributed by atoms with E-state index in [2.05, 4.69) is 28.4 Å². The van der Waals surface area contributed by atoms with Crippen molar-refractivity contribution < 1.29 is 4.74 Å². The number of methoxy groups -OCH3 is 1. The molecule has 1 unspecified atom stereocenters. The number of hydrogen-bond acceptors (Lipinski definition) is 4. The van der Waals surface area contributed by atoms with Gasteiger partial charge in [-0.05, 0) is 32.0 Å². The Kier molecular flexibility index (Phi) is 5.12. The molecule has 5 heteroatoms. The Hall–Kier alpha value is -1.88. The van der Waals surface area contributed by atoms with Gasteiger partial charge in [0.1, 0.15) is 17.9 Å². The molecule has 20 heavy (non-hydrogen) atoms. The van der Waals surface area contributed by atoms with Crippen LogP contribution < -0.4 is 10.1 Å². The Bertz CT molecular complexity index is 538. The fourth-order valence-corrected chi connectivity index (χ4v) is 2.34. The van der Waals surface area contributed by atoms with Crippen molar-refractivity contribution >= 4 is 0 Å². The molecule has 0 fully saturated rings. The van der Waals surface area contributed by atoms with E-state index in [9.17, 15) is 0 Å². The average molecular weight is 274 g/mol. The fraction of sp³-hybridized carbons (Fsp3) is 0.467. The van der Waals surface area contributed by atoms with Crippen LogP contribution in [0.5, 0.6) is 5.75 Å². The van der Waals surface area contributed by atoms with E-state index in [1.165, 1.54) is 5.56 Å². The number of rotatable bonds is 7. The molecule has 0 aliphatic rings. The SMILES string of the molecule is CCn1ncnc1CC(Cc1ccccc1OC)NC. The molecule has 0 radical (unpaired) electrons. The van der Waals surface area contributed by atoms with Gasteiger partial charge in [-0.25, -0.2) is 4.98 Å². The number of nitrogens with zero attached hydrogens (tertiary/aromatic N) is 3. The van der Waals surface area contributed by atoms with Crippen LogP contribution in [0.2, 0.25) is 0 Å². The third-order valence-electron chi connectivity index (χ3n) is 3.49. The highest BCUT2D eigenvalue weighted by atomic mass is 16.5. The van der Waals surface area contributed by atoms with Gasteiger partial charge >= 0.3 is 0 Å². The molecule has 2 aromatic rings. The lowest BCUT2D eigenvalue weighted by Crippen LogP contribution is -2.31. The van der Waals surface area contributed by atoms with E-state index in [-0.39, 0.29) is 0 Å². The van der Waals surface area contributed by atoms with Gasteiger partial charge < -0.3 is 10.1 Å². The van der Waals surface area contributed by atoms with Crippen molar-refractivity contribution in [1.82, 2.24) is 20.1 Å². The van der Waals surface area contributed by atoms with Crippen molar-refractivity contribution in [2.75, 3.05) is 14.2 Å². The van der Waals surface area contributed by atoms with E-state index in [4.69, 9.17) is 4.74 Å². The smallest absolute Gasteiger partial charge is 0.138 e. The third-order valence-corrected chi connectivity index (χ3v) is 3.49. The molecule has 2 rings (SSSR count). The molecule has 0 aliphatic carbocycles. The van der Waals surface area contributed by atoms with Gasteiger partial charge in [0.15, 0.2) is 0 Å². The summed E-state index contributed by atoms with van der Waals surface area (Å²) in [4.78, 5) is 4.34. The van der Waals surface area contributed by atoms with Crippen LogP contribution in [0.4, 0.5) is 0 Å². The van der Waals surface area contributed by atoms with E-state index in [0.29, 0.717) is 6.04 Å². The van der Waals surface area contributed by atoms with Crippen LogP contribution in [0.15, 0.2) is 30.6 Å². The lowest BCUT2D eigenvalue weighted by atomic mass is 10.0. The molecule has 0 aliphatic heterocycles. The van der Waals surface area contributed by atoms with Gasteiger partial charge in [0.05, 0.1) is 7.11 Å². The minimum atomic E-state index is 0.306. The predicted octanol–water partition coefficient (Wildman–Crippen LogP) is 1.68. The zero-order valence-electron chi connectivity index (χ0n) is 12.3. The molecule has 1 heterocycles. The predicted molar refractivity (Wildman–Crippen MR) is 78.9 cm³/mol. The maximum atomic E-state index is 5.41. The first-order valence-electron chi connectivity index (χ1n) is 6.94. The van der Waals surface area contributed by atoms with Crippen LogP contribution >= 0.6 is 0 Å².